The molecule has 0 aliphatic carbocycles. The average Bonchev–Trinajstić information content (AvgIpc) is 3.28. The summed E-state index contributed by atoms with van der Waals surface area (Å²) in [6.07, 6.45) is -0.0689. The Morgan fingerprint density at radius 3 is 2.47 bits per heavy atom. The lowest BCUT2D eigenvalue weighted by Crippen LogP contribution is -2.16. The van der Waals surface area contributed by atoms with Gasteiger partial charge in [0.05, 0.1) is 23.1 Å². The predicted molar refractivity (Wildman–Crippen MR) is 142 cm³/mol. The second kappa shape index (κ2) is 10.4. The number of aryl methyl sites for hydroxylation is 2. The van der Waals surface area contributed by atoms with Gasteiger partial charge in [0, 0.05) is 23.5 Å². The third-order valence-corrected chi connectivity index (χ3v) is 5.70. The van der Waals surface area contributed by atoms with Gasteiger partial charge in [-0.3, -0.25) is 5.41 Å². The number of nitrogen functional groups attached to an aromatic ring is 1. The maximum absolute atomic E-state index is 13.7. The minimum atomic E-state index is -4.53. The summed E-state index contributed by atoms with van der Waals surface area (Å²) in [5, 5.41) is 11.6. The zero-order valence-corrected chi connectivity index (χ0v) is 21.3. The van der Waals surface area contributed by atoms with Crippen molar-refractivity contribution in [2.24, 2.45) is 0 Å². The van der Waals surface area contributed by atoms with Gasteiger partial charge in [0.2, 0.25) is 0 Å². The van der Waals surface area contributed by atoms with Gasteiger partial charge >= 0.3 is 6.18 Å². The molecule has 2 aromatic heterocycles. The molecule has 2 heterocycles. The van der Waals surface area contributed by atoms with E-state index in [1.807, 2.05) is 20.8 Å². The van der Waals surface area contributed by atoms with E-state index in [-0.39, 0.29) is 17.6 Å². The number of rotatable bonds is 5. The van der Waals surface area contributed by atoms with Crippen molar-refractivity contribution in [2.75, 3.05) is 11.1 Å². The van der Waals surface area contributed by atoms with Gasteiger partial charge in [-0.05, 0) is 74.6 Å². The Hall–Kier alpha value is -4.65. The maximum atomic E-state index is 13.7. The SMILES string of the molecule is Cc1cn(-c2cc(-c3ccc(C)c(C#CC(=N)c4c(N)ncnc4NC(C)C)c3)cc(C(F)(F)F)c2)cn1. The van der Waals surface area contributed by atoms with Gasteiger partial charge in [-0.1, -0.05) is 18.1 Å². The predicted octanol–water partition coefficient (Wildman–Crippen LogP) is 5.79. The summed E-state index contributed by atoms with van der Waals surface area (Å²) in [4.78, 5) is 12.3. The fourth-order valence-corrected chi connectivity index (χ4v) is 3.81. The minimum Gasteiger partial charge on any atom is -0.383 e. The number of hydrogen-bond acceptors (Lipinski definition) is 6. The van der Waals surface area contributed by atoms with Gasteiger partial charge in [0.15, 0.2) is 0 Å². The first kappa shape index (κ1) is 26.4. The Labute approximate surface area is 218 Å². The molecule has 10 heteroatoms. The van der Waals surface area contributed by atoms with E-state index in [2.05, 4.69) is 32.1 Å². The number of imidazole rings is 1. The molecule has 0 radical (unpaired) electrons. The first-order valence-electron chi connectivity index (χ1n) is 11.7. The standard InChI is InChI=1S/C28H26F3N7/c1-16(2)37-27-25(26(33)34-14-35-27)24(32)8-7-19-9-20(6-5-17(19)3)21-10-22(28(29,30)31)12-23(11-21)38-13-18(4)36-15-38/h5-6,9-16,32H,1-4H3,(H3,33,34,35,37). The summed E-state index contributed by atoms with van der Waals surface area (Å²) in [7, 11) is 0. The van der Waals surface area contributed by atoms with E-state index in [1.54, 1.807) is 42.0 Å². The molecule has 0 unspecified atom stereocenters. The number of nitrogens with one attached hydrogen (secondary N) is 2. The number of hydrogen-bond donors (Lipinski definition) is 3. The molecule has 7 nitrogen and oxygen atoms in total. The third kappa shape index (κ3) is 5.83. The van der Waals surface area contributed by atoms with Crippen molar-refractivity contribution >= 4 is 17.3 Å². The Balaban J connectivity index is 1.75. The molecular weight excluding hydrogens is 491 g/mol. The van der Waals surface area contributed by atoms with E-state index in [0.717, 1.165) is 17.7 Å². The molecule has 0 amide bonds. The Morgan fingerprint density at radius 1 is 1.05 bits per heavy atom. The molecule has 4 aromatic rings. The molecule has 0 spiro atoms. The monoisotopic (exact) mass is 517 g/mol. The Bertz CT molecular complexity index is 1570. The minimum absolute atomic E-state index is 0.0475. The number of alkyl halides is 3. The molecule has 4 rings (SSSR count). The highest BCUT2D eigenvalue weighted by Crippen LogP contribution is 2.35. The summed E-state index contributed by atoms with van der Waals surface area (Å²) in [5.74, 6) is 6.31. The smallest absolute Gasteiger partial charge is 0.383 e. The number of anilines is 2. The van der Waals surface area contributed by atoms with E-state index in [0.29, 0.717) is 39.5 Å². The van der Waals surface area contributed by atoms with Gasteiger partial charge in [-0.25, -0.2) is 15.0 Å². The van der Waals surface area contributed by atoms with Crippen LogP contribution in [0.2, 0.25) is 0 Å². The molecular formula is C28H26F3N7. The normalized spacial score (nSPS) is 11.3. The van der Waals surface area contributed by atoms with Crippen LogP contribution in [0.5, 0.6) is 0 Å². The average molecular weight is 518 g/mol. The van der Waals surface area contributed by atoms with Crippen LogP contribution in [0, 0.1) is 31.1 Å². The molecule has 0 aliphatic rings. The third-order valence-electron chi connectivity index (χ3n) is 5.70. The van der Waals surface area contributed by atoms with Crippen molar-refractivity contribution in [3.8, 4) is 28.7 Å². The molecule has 0 saturated carbocycles. The van der Waals surface area contributed by atoms with Crippen LogP contribution in [0.25, 0.3) is 16.8 Å². The fourth-order valence-electron chi connectivity index (χ4n) is 3.81. The lowest BCUT2D eigenvalue weighted by Gasteiger charge is -2.14. The van der Waals surface area contributed by atoms with Gasteiger partial charge in [-0.15, -0.1) is 0 Å². The quantitative estimate of drug-likeness (QED) is 0.230. The van der Waals surface area contributed by atoms with E-state index in [4.69, 9.17) is 11.1 Å². The highest BCUT2D eigenvalue weighted by Gasteiger charge is 2.31. The molecule has 0 bridgehead atoms. The van der Waals surface area contributed by atoms with E-state index >= 15 is 0 Å². The second-order valence-electron chi connectivity index (χ2n) is 9.12. The van der Waals surface area contributed by atoms with Crippen LogP contribution >= 0.6 is 0 Å². The number of halogens is 3. The lowest BCUT2D eigenvalue weighted by atomic mass is 9.97. The maximum Gasteiger partial charge on any atom is 0.416 e. The van der Waals surface area contributed by atoms with Crippen LogP contribution in [0.3, 0.4) is 0 Å². The molecule has 4 N–H and O–H groups in total. The number of nitrogens with zero attached hydrogens (tertiary/aromatic N) is 4. The lowest BCUT2D eigenvalue weighted by molar-refractivity contribution is -0.137. The molecule has 194 valence electrons. The summed E-state index contributed by atoms with van der Waals surface area (Å²) in [6.45, 7) is 7.47. The van der Waals surface area contributed by atoms with E-state index < -0.39 is 11.7 Å². The highest BCUT2D eigenvalue weighted by atomic mass is 19.4. The van der Waals surface area contributed by atoms with Crippen molar-refractivity contribution < 1.29 is 13.2 Å². The Kier molecular flexibility index (Phi) is 7.21. The first-order valence-corrected chi connectivity index (χ1v) is 11.7. The number of aromatic nitrogens is 4. The van der Waals surface area contributed by atoms with Gasteiger partial charge < -0.3 is 15.6 Å². The molecule has 0 saturated heterocycles. The largest absolute Gasteiger partial charge is 0.416 e. The number of nitrogens with two attached hydrogens (primary N) is 1. The van der Waals surface area contributed by atoms with Gasteiger partial charge in [0.25, 0.3) is 0 Å². The van der Waals surface area contributed by atoms with Crippen molar-refractivity contribution in [3.63, 3.8) is 0 Å². The summed E-state index contributed by atoms with van der Waals surface area (Å²) in [6, 6.07) is 9.18. The van der Waals surface area contributed by atoms with Crippen molar-refractivity contribution in [2.45, 2.75) is 39.9 Å². The number of benzene rings is 2. The van der Waals surface area contributed by atoms with E-state index in [9.17, 15) is 13.2 Å². The first-order chi connectivity index (χ1) is 17.9. The Morgan fingerprint density at radius 2 is 1.82 bits per heavy atom. The summed E-state index contributed by atoms with van der Waals surface area (Å²) >= 11 is 0. The zero-order valence-electron chi connectivity index (χ0n) is 21.3. The molecule has 2 aromatic carbocycles. The zero-order chi connectivity index (χ0) is 27.6. The highest BCUT2D eigenvalue weighted by molar-refractivity contribution is 6.16. The van der Waals surface area contributed by atoms with E-state index in [1.165, 1.54) is 12.7 Å². The van der Waals surface area contributed by atoms with Crippen LogP contribution in [-0.2, 0) is 6.18 Å². The van der Waals surface area contributed by atoms with Crippen LogP contribution in [-0.4, -0.2) is 31.3 Å². The molecule has 0 aliphatic heterocycles. The van der Waals surface area contributed by atoms with Crippen LogP contribution < -0.4 is 11.1 Å². The van der Waals surface area contributed by atoms with Crippen molar-refractivity contribution in [1.29, 1.82) is 5.41 Å². The molecule has 38 heavy (non-hydrogen) atoms. The van der Waals surface area contributed by atoms with Crippen LogP contribution in [0.15, 0.2) is 55.2 Å². The molecule has 0 atom stereocenters. The van der Waals surface area contributed by atoms with Crippen molar-refractivity contribution in [3.05, 3.63) is 83.2 Å². The van der Waals surface area contributed by atoms with Gasteiger partial charge in [0.1, 0.15) is 23.7 Å². The fraction of sp³-hybridized carbons (Fsp3) is 0.214. The summed E-state index contributed by atoms with van der Waals surface area (Å²) in [5.41, 5.74) is 8.81. The molecule has 0 fully saturated rings. The summed E-state index contributed by atoms with van der Waals surface area (Å²) < 4.78 is 42.8. The van der Waals surface area contributed by atoms with Crippen LogP contribution in [0.1, 0.15) is 41.8 Å². The second-order valence-corrected chi connectivity index (χ2v) is 9.12. The van der Waals surface area contributed by atoms with Gasteiger partial charge in [-0.2, -0.15) is 13.2 Å². The van der Waals surface area contributed by atoms with Crippen molar-refractivity contribution in [1.82, 2.24) is 19.5 Å². The van der Waals surface area contributed by atoms with Crippen LogP contribution in [0.4, 0.5) is 24.8 Å². The topological polar surface area (TPSA) is 106 Å².